The van der Waals surface area contributed by atoms with Crippen molar-refractivity contribution in [3.05, 3.63) is 70.3 Å². The monoisotopic (exact) mass is 433 g/mol. The molecule has 1 aliphatic heterocycles. The van der Waals surface area contributed by atoms with Gasteiger partial charge in [0.2, 0.25) is 5.95 Å². The SMILES string of the molecule is Cc1cnc(Nc2ccc(C(=O)N3CCN(C)CC3)cc2)nc1Nc1cccn(C)c1=O. The highest BCUT2D eigenvalue weighted by atomic mass is 16.2. The van der Waals surface area contributed by atoms with E-state index >= 15 is 0 Å². The number of rotatable bonds is 5. The lowest BCUT2D eigenvalue weighted by atomic mass is 10.1. The quantitative estimate of drug-likeness (QED) is 0.638. The summed E-state index contributed by atoms with van der Waals surface area (Å²) in [6.45, 7) is 5.14. The van der Waals surface area contributed by atoms with E-state index in [-0.39, 0.29) is 11.5 Å². The van der Waals surface area contributed by atoms with E-state index in [4.69, 9.17) is 0 Å². The minimum absolute atomic E-state index is 0.0483. The van der Waals surface area contributed by atoms with E-state index < -0.39 is 0 Å². The lowest BCUT2D eigenvalue weighted by molar-refractivity contribution is 0.0664. The van der Waals surface area contributed by atoms with Crippen LogP contribution in [0.1, 0.15) is 15.9 Å². The second-order valence-electron chi connectivity index (χ2n) is 7.99. The van der Waals surface area contributed by atoms with Crippen LogP contribution in [0.15, 0.2) is 53.6 Å². The molecule has 0 saturated carbocycles. The smallest absolute Gasteiger partial charge is 0.274 e. The van der Waals surface area contributed by atoms with Crippen LogP contribution in [-0.4, -0.2) is 63.5 Å². The third-order valence-corrected chi connectivity index (χ3v) is 5.53. The molecule has 4 rings (SSSR count). The summed E-state index contributed by atoms with van der Waals surface area (Å²) in [6.07, 6.45) is 3.39. The number of piperazine rings is 1. The maximum atomic E-state index is 12.7. The van der Waals surface area contributed by atoms with Gasteiger partial charge in [0.15, 0.2) is 0 Å². The highest BCUT2D eigenvalue weighted by Gasteiger charge is 2.20. The molecule has 0 aliphatic carbocycles. The fourth-order valence-corrected chi connectivity index (χ4v) is 3.47. The summed E-state index contributed by atoms with van der Waals surface area (Å²) in [5.41, 5.74) is 2.54. The molecule has 3 aromatic rings. The molecule has 1 amide bonds. The molecule has 2 N–H and O–H groups in total. The number of likely N-dealkylation sites (N-methyl/N-ethyl adjacent to an activating group) is 1. The van der Waals surface area contributed by atoms with Crippen molar-refractivity contribution in [3.63, 3.8) is 0 Å². The zero-order chi connectivity index (χ0) is 22.7. The Morgan fingerprint density at radius 1 is 1.00 bits per heavy atom. The predicted molar refractivity (Wildman–Crippen MR) is 125 cm³/mol. The molecular formula is C23H27N7O2. The molecule has 0 unspecified atom stereocenters. The molecule has 32 heavy (non-hydrogen) atoms. The Hall–Kier alpha value is -3.72. The highest BCUT2D eigenvalue weighted by Crippen LogP contribution is 2.20. The van der Waals surface area contributed by atoms with Gasteiger partial charge in [-0.05, 0) is 50.4 Å². The zero-order valence-electron chi connectivity index (χ0n) is 18.5. The summed E-state index contributed by atoms with van der Waals surface area (Å²) in [7, 11) is 3.77. The third-order valence-electron chi connectivity index (χ3n) is 5.53. The number of carbonyl (C=O) groups excluding carboxylic acids is 1. The average molecular weight is 434 g/mol. The van der Waals surface area contributed by atoms with Crippen LogP contribution in [0, 0.1) is 6.92 Å². The van der Waals surface area contributed by atoms with Gasteiger partial charge in [0.05, 0.1) is 0 Å². The summed E-state index contributed by atoms with van der Waals surface area (Å²) in [5, 5.41) is 6.25. The Morgan fingerprint density at radius 3 is 2.44 bits per heavy atom. The number of carbonyl (C=O) groups is 1. The molecule has 0 spiro atoms. The van der Waals surface area contributed by atoms with Crippen LogP contribution in [0.25, 0.3) is 0 Å². The van der Waals surface area contributed by atoms with Crippen molar-refractivity contribution in [3.8, 4) is 0 Å². The summed E-state index contributed by atoms with van der Waals surface area (Å²) in [4.78, 5) is 37.9. The minimum Gasteiger partial charge on any atom is -0.336 e. The molecule has 1 aromatic carbocycles. The van der Waals surface area contributed by atoms with Gasteiger partial charge in [-0.1, -0.05) is 0 Å². The first kappa shape index (κ1) is 21.5. The highest BCUT2D eigenvalue weighted by molar-refractivity contribution is 5.94. The van der Waals surface area contributed by atoms with E-state index in [2.05, 4.69) is 32.5 Å². The Bertz CT molecular complexity index is 1170. The van der Waals surface area contributed by atoms with Crippen molar-refractivity contribution in [1.29, 1.82) is 0 Å². The van der Waals surface area contributed by atoms with E-state index in [0.29, 0.717) is 23.0 Å². The number of aromatic nitrogens is 3. The Balaban J connectivity index is 1.46. The molecular weight excluding hydrogens is 406 g/mol. The lowest BCUT2D eigenvalue weighted by Gasteiger charge is -2.32. The van der Waals surface area contributed by atoms with Crippen molar-refractivity contribution in [2.24, 2.45) is 7.05 Å². The molecule has 0 atom stereocenters. The standard InChI is InChI=1S/C23H27N7O2/c1-16-15-24-23(27-20(16)26-19-5-4-10-29(3)22(19)32)25-18-8-6-17(7-9-18)21(31)30-13-11-28(2)12-14-30/h4-10,15H,11-14H2,1-3H3,(H2,24,25,26,27). The largest absolute Gasteiger partial charge is 0.336 e. The first-order chi connectivity index (χ1) is 15.4. The number of pyridine rings is 1. The Labute approximate surface area is 186 Å². The van der Waals surface area contributed by atoms with Crippen molar-refractivity contribution in [2.75, 3.05) is 43.9 Å². The van der Waals surface area contributed by atoms with Gasteiger partial charge in [0.25, 0.3) is 11.5 Å². The average Bonchev–Trinajstić information content (AvgIpc) is 2.79. The van der Waals surface area contributed by atoms with Gasteiger partial charge in [-0.3, -0.25) is 9.59 Å². The van der Waals surface area contributed by atoms with Gasteiger partial charge in [0.1, 0.15) is 11.5 Å². The molecule has 9 nitrogen and oxygen atoms in total. The van der Waals surface area contributed by atoms with Crippen LogP contribution in [0.2, 0.25) is 0 Å². The van der Waals surface area contributed by atoms with Crippen molar-refractivity contribution in [1.82, 2.24) is 24.3 Å². The molecule has 3 heterocycles. The second-order valence-corrected chi connectivity index (χ2v) is 7.99. The van der Waals surface area contributed by atoms with Crippen LogP contribution in [-0.2, 0) is 7.05 Å². The predicted octanol–water partition coefficient (Wildman–Crippen LogP) is 2.36. The topological polar surface area (TPSA) is 95.4 Å². The number of hydrogen-bond acceptors (Lipinski definition) is 7. The molecule has 0 bridgehead atoms. The number of nitrogens with zero attached hydrogens (tertiary/aromatic N) is 5. The molecule has 166 valence electrons. The number of amides is 1. The van der Waals surface area contributed by atoms with E-state index in [1.807, 2.05) is 36.1 Å². The normalized spacial score (nSPS) is 14.3. The van der Waals surface area contributed by atoms with E-state index in [0.717, 1.165) is 37.4 Å². The zero-order valence-corrected chi connectivity index (χ0v) is 18.5. The number of hydrogen-bond donors (Lipinski definition) is 2. The van der Waals surface area contributed by atoms with Gasteiger partial charge in [0, 0.05) is 62.4 Å². The summed E-state index contributed by atoms with van der Waals surface area (Å²) < 4.78 is 1.50. The number of aryl methyl sites for hydroxylation is 2. The first-order valence-corrected chi connectivity index (χ1v) is 10.5. The Kier molecular flexibility index (Phi) is 6.18. The molecule has 1 aliphatic rings. The van der Waals surface area contributed by atoms with Gasteiger partial charge in [-0.2, -0.15) is 4.98 Å². The minimum atomic E-state index is -0.138. The maximum Gasteiger partial charge on any atom is 0.274 e. The maximum absolute atomic E-state index is 12.7. The van der Waals surface area contributed by atoms with E-state index in [9.17, 15) is 9.59 Å². The fraction of sp³-hybridized carbons (Fsp3) is 0.304. The molecule has 9 heteroatoms. The fourth-order valence-electron chi connectivity index (χ4n) is 3.47. The van der Waals surface area contributed by atoms with Crippen LogP contribution >= 0.6 is 0 Å². The second kappa shape index (κ2) is 9.19. The van der Waals surface area contributed by atoms with Crippen LogP contribution in [0.4, 0.5) is 23.1 Å². The first-order valence-electron chi connectivity index (χ1n) is 10.5. The van der Waals surface area contributed by atoms with Crippen LogP contribution in [0.5, 0.6) is 0 Å². The summed E-state index contributed by atoms with van der Waals surface area (Å²) in [5.74, 6) is 0.990. The van der Waals surface area contributed by atoms with E-state index in [1.165, 1.54) is 4.57 Å². The molecule has 1 fully saturated rings. The van der Waals surface area contributed by atoms with Gasteiger partial charge in [-0.15, -0.1) is 0 Å². The number of benzene rings is 1. The van der Waals surface area contributed by atoms with Crippen LogP contribution < -0.4 is 16.2 Å². The summed E-state index contributed by atoms with van der Waals surface area (Å²) >= 11 is 0. The molecule has 2 aromatic heterocycles. The van der Waals surface area contributed by atoms with E-state index in [1.54, 1.807) is 31.6 Å². The van der Waals surface area contributed by atoms with Crippen LogP contribution in [0.3, 0.4) is 0 Å². The van der Waals surface area contributed by atoms with Gasteiger partial charge < -0.3 is 25.0 Å². The van der Waals surface area contributed by atoms with Gasteiger partial charge >= 0.3 is 0 Å². The third kappa shape index (κ3) is 4.78. The van der Waals surface area contributed by atoms with Crippen molar-refractivity contribution < 1.29 is 4.79 Å². The Morgan fingerprint density at radius 2 is 1.72 bits per heavy atom. The summed E-state index contributed by atoms with van der Waals surface area (Å²) in [6, 6.07) is 10.8. The van der Waals surface area contributed by atoms with Crippen molar-refractivity contribution in [2.45, 2.75) is 6.92 Å². The number of anilines is 4. The number of nitrogens with one attached hydrogen (secondary N) is 2. The van der Waals surface area contributed by atoms with Crippen molar-refractivity contribution >= 4 is 29.0 Å². The molecule has 0 radical (unpaired) electrons. The molecule has 1 saturated heterocycles. The lowest BCUT2D eigenvalue weighted by Crippen LogP contribution is -2.47. The van der Waals surface area contributed by atoms with Gasteiger partial charge in [-0.25, -0.2) is 4.98 Å².